The first kappa shape index (κ1) is 12.9. The normalized spacial score (nSPS) is 32.0. The number of rotatable bonds is 4. The number of carbonyl (C=O) groups is 4. The van der Waals surface area contributed by atoms with Gasteiger partial charge >= 0.3 is 23.9 Å². The minimum atomic E-state index is -1.72. The molecule has 1 aliphatic carbocycles. The largest absolute Gasteiger partial charge is 0.481 e. The summed E-state index contributed by atoms with van der Waals surface area (Å²) < 4.78 is 0. The van der Waals surface area contributed by atoms with Gasteiger partial charge in [0, 0.05) is 0 Å². The van der Waals surface area contributed by atoms with E-state index < -0.39 is 54.0 Å². The predicted molar refractivity (Wildman–Crippen MR) is 49.1 cm³/mol. The van der Waals surface area contributed by atoms with Gasteiger partial charge in [0.15, 0.2) is 0 Å². The highest BCUT2D eigenvalue weighted by atomic mass is 16.4. The lowest BCUT2D eigenvalue weighted by atomic mass is 9.87. The van der Waals surface area contributed by atoms with Crippen LogP contribution >= 0.6 is 0 Å². The van der Waals surface area contributed by atoms with Crippen LogP contribution in [-0.2, 0) is 19.2 Å². The molecule has 0 aromatic heterocycles. The maximum atomic E-state index is 10.9. The average molecular weight is 246 g/mol. The molecule has 4 N–H and O–H groups in total. The molecule has 8 nitrogen and oxygen atoms in total. The van der Waals surface area contributed by atoms with Gasteiger partial charge in [0.25, 0.3) is 0 Å². The van der Waals surface area contributed by atoms with Gasteiger partial charge in [0.1, 0.15) is 0 Å². The molecular weight excluding hydrogens is 236 g/mol. The molecule has 0 bridgehead atoms. The third kappa shape index (κ3) is 2.19. The molecule has 0 aromatic carbocycles. The Bertz CT molecular complexity index is 350. The van der Waals surface area contributed by atoms with Crippen molar-refractivity contribution < 1.29 is 39.6 Å². The molecule has 0 aliphatic heterocycles. The van der Waals surface area contributed by atoms with Crippen molar-refractivity contribution in [1.82, 2.24) is 0 Å². The summed E-state index contributed by atoms with van der Waals surface area (Å²) in [5.41, 5.74) is 0. The molecule has 0 amide bonds. The maximum Gasteiger partial charge on any atom is 0.308 e. The molecule has 4 atom stereocenters. The Morgan fingerprint density at radius 2 is 0.941 bits per heavy atom. The zero-order chi connectivity index (χ0) is 13.3. The van der Waals surface area contributed by atoms with Crippen molar-refractivity contribution in [2.75, 3.05) is 0 Å². The van der Waals surface area contributed by atoms with Crippen LogP contribution in [0.5, 0.6) is 0 Å². The maximum absolute atomic E-state index is 10.9. The first-order valence-corrected chi connectivity index (χ1v) is 4.68. The second-order valence-electron chi connectivity index (χ2n) is 3.85. The zero-order valence-corrected chi connectivity index (χ0v) is 8.44. The molecule has 8 heteroatoms. The predicted octanol–water partition coefficient (Wildman–Crippen LogP) is -0.807. The first-order valence-electron chi connectivity index (χ1n) is 4.68. The Balaban J connectivity index is 3.17. The van der Waals surface area contributed by atoms with Crippen LogP contribution in [-0.4, -0.2) is 44.3 Å². The fourth-order valence-corrected chi connectivity index (χ4v) is 2.23. The van der Waals surface area contributed by atoms with Crippen molar-refractivity contribution in [2.45, 2.75) is 6.42 Å². The van der Waals surface area contributed by atoms with E-state index in [1.807, 2.05) is 0 Å². The van der Waals surface area contributed by atoms with Gasteiger partial charge in [-0.3, -0.25) is 19.2 Å². The second kappa shape index (κ2) is 4.40. The highest BCUT2D eigenvalue weighted by Crippen LogP contribution is 2.42. The van der Waals surface area contributed by atoms with Crippen LogP contribution in [0.15, 0.2) is 0 Å². The molecule has 0 saturated heterocycles. The third-order valence-corrected chi connectivity index (χ3v) is 2.97. The van der Waals surface area contributed by atoms with Crippen molar-refractivity contribution in [3.8, 4) is 0 Å². The van der Waals surface area contributed by atoms with Gasteiger partial charge in [-0.25, -0.2) is 0 Å². The van der Waals surface area contributed by atoms with Crippen LogP contribution < -0.4 is 0 Å². The molecule has 1 aliphatic rings. The van der Waals surface area contributed by atoms with Gasteiger partial charge in [0.05, 0.1) is 23.7 Å². The molecule has 0 radical (unpaired) electrons. The fourth-order valence-electron chi connectivity index (χ4n) is 2.23. The Hall–Kier alpha value is -2.12. The van der Waals surface area contributed by atoms with Gasteiger partial charge in [-0.2, -0.15) is 0 Å². The van der Waals surface area contributed by atoms with Gasteiger partial charge in [-0.05, 0) is 6.42 Å². The molecule has 17 heavy (non-hydrogen) atoms. The van der Waals surface area contributed by atoms with Crippen LogP contribution in [0.2, 0.25) is 0 Å². The van der Waals surface area contributed by atoms with Gasteiger partial charge in [0.2, 0.25) is 0 Å². The highest BCUT2D eigenvalue weighted by Gasteiger charge is 2.56. The average Bonchev–Trinajstić information content (AvgIpc) is 2.56. The zero-order valence-electron chi connectivity index (χ0n) is 8.44. The van der Waals surface area contributed by atoms with Crippen molar-refractivity contribution in [3.05, 3.63) is 0 Å². The third-order valence-electron chi connectivity index (χ3n) is 2.97. The summed E-state index contributed by atoms with van der Waals surface area (Å²) in [4.78, 5) is 43.4. The van der Waals surface area contributed by atoms with Crippen LogP contribution in [0, 0.1) is 23.7 Å². The smallest absolute Gasteiger partial charge is 0.308 e. The molecular formula is C9H10O8. The summed E-state index contributed by atoms with van der Waals surface area (Å²) in [7, 11) is 0. The highest BCUT2D eigenvalue weighted by molar-refractivity contribution is 5.90. The van der Waals surface area contributed by atoms with E-state index in [2.05, 4.69) is 0 Å². The summed E-state index contributed by atoms with van der Waals surface area (Å²) >= 11 is 0. The Labute approximate surface area is 94.5 Å². The van der Waals surface area contributed by atoms with E-state index in [1.54, 1.807) is 0 Å². The number of aliphatic carboxylic acids is 4. The van der Waals surface area contributed by atoms with E-state index in [9.17, 15) is 19.2 Å². The molecule has 0 heterocycles. The summed E-state index contributed by atoms with van der Waals surface area (Å²) in [6.45, 7) is 0. The lowest BCUT2D eigenvalue weighted by Gasteiger charge is -2.16. The number of carboxylic acid groups (broad SMARTS) is 4. The van der Waals surface area contributed by atoms with Crippen molar-refractivity contribution in [3.63, 3.8) is 0 Å². The lowest BCUT2D eigenvalue weighted by Crippen LogP contribution is -2.35. The Kier molecular flexibility index (Phi) is 3.35. The van der Waals surface area contributed by atoms with Crippen LogP contribution in [0.4, 0.5) is 0 Å². The summed E-state index contributed by atoms with van der Waals surface area (Å²) in [6.07, 6.45) is -0.488. The minimum Gasteiger partial charge on any atom is -0.481 e. The topological polar surface area (TPSA) is 149 Å². The Morgan fingerprint density at radius 3 is 1.12 bits per heavy atom. The van der Waals surface area contributed by atoms with E-state index in [1.165, 1.54) is 0 Å². The van der Waals surface area contributed by atoms with Crippen LogP contribution in [0.25, 0.3) is 0 Å². The van der Waals surface area contributed by atoms with E-state index >= 15 is 0 Å². The molecule has 0 aromatic rings. The van der Waals surface area contributed by atoms with E-state index in [4.69, 9.17) is 20.4 Å². The van der Waals surface area contributed by atoms with Gasteiger partial charge < -0.3 is 20.4 Å². The SMILES string of the molecule is O=C(O)[C@H]1[C@H](C(=O)O)[C@@H](C(=O)O)C[C@@H]1C(=O)O. The fraction of sp³-hybridized carbons (Fsp3) is 0.556. The molecule has 1 rings (SSSR count). The quantitative estimate of drug-likeness (QED) is 0.503. The molecule has 1 saturated carbocycles. The second-order valence-corrected chi connectivity index (χ2v) is 3.85. The summed E-state index contributed by atoms with van der Waals surface area (Å²) in [6, 6.07) is 0. The molecule has 0 spiro atoms. The van der Waals surface area contributed by atoms with Crippen LogP contribution in [0.1, 0.15) is 6.42 Å². The molecule has 0 unspecified atom stereocenters. The van der Waals surface area contributed by atoms with E-state index in [-0.39, 0.29) is 0 Å². The van der Waals surface area contributed by atoms with Crippen molar-refractivity contribution >= 4 is 23.9 Å². The van der Waals surface area contributed by atoms with Crippen molar-refractivity contribution in [1.29, 1.82) is 0 Å². The standard InChI is InChI=1S/C9H10O8/c10-6(11)2-1-3(7(12)13)5(9(16)17)4(2)8(14)15/h2-5H,1H2,(H,10,11)(H,12,13)(H,14,15)(H,16,17)/t2-,3-,4+,5+/m0/s1. The number of hydrogen-bond acceptors (Lipinski definition) is 4. The van der Waals surface area contributed by atoms with Crippen LogP contribution in [0.3, 0.4) is 0 Å². The van der Waals surface area contributed by atoms with E-state index in [0.717, 1.165) is 0 Å². The monoisotopic (exact) mass is 246 g/mol. The van der Waals surface area contributed by atoms with E-state index in [0.29, 0.717) is 0 Å². The van der Waals surface area contributed by atoms with Gasteiger partial charge in [-0.15, -0.1) is 0 Å². The lowest BCUT2D eigenvalue weighted by molar-refractivity contribution is -0.160. The molecule has 1 fully saturated rings. The number of hydrogen-bond donors (Lipinski definition) is 4. The first-order chi connectivity index (χ1) is 7.77. The minimum absolute atomic E-state index is 0.488. The summed E-state index contributed by atoms with van der Waals surface area (Å²) in [5, 5.41) is 35.2. The van der Waals surface area contributed by atoms with Gasteiger partial charge in [-0.1, -0.05) is 0 Å². The number of carboxylic acids is 4. The van der Waals surface area contributed by atoms with Crippen molar-refractivity contribution in [2.24, 2.45) is 23.7 Å². The Morgan fingerprint density at radius 1 is 0.647 bits per heavy atom. The molecule has 94 valence electrons. The summed E-state index contributed by atoms with van der Waals surface area (Å²) in [5.74, 6) is -12.6.